The lowest BCUT2D eigenvalue weighted by molar-refractivity contribution is 0.159. The Morgan fingerprint density at radius 3 is 2.95 bits per heavy atom. The number of aryl methyl sites for hydroxylation is 1. The number of nitrogens with two attached hydrogens (primary N) is 1. The molecule has 2 aromatic rings. The van der Waals surface area contributed by atoms with Crippen molar-refractivity contribution in [2.24, 2.45) is 0 Å². The van der Waals surface area contributed by atoms with Gasteiger partial charge in [0.15, 0.2) is 5.65 Å². The molecule has 0 spiro atoms. The normalized spacial score (nSPS) is 11.6. The summed E-state index contributed by atoms with van der Waals surface area (Å²) in [6, 6.07) is 2.00. The highest BCUT2D eigenvalue weighted by Crippen LogP contribution is 2.16. The molecular formula is C13H21N5O. The molecule has 0 unspecified atom stereocenters. The highest BCUT2D eigenvalue weighted by atomic mass is 16.5. The molecule has 0 fully saturated rings. The number of hydrogen-bond acceptors (Lipinski definition) is 5. The minimum atomic E-state index is 0.522. The topological polar surface area (TPSA) is 69.2 Å². The number of imidazole rings is 1. The second-order valence-electron chi connectivity index (χ2n) is 4.77. The van der Waals surface area contributed by atoms with E-state index in [0.29, 0.717) is 5.95 Å². The van der Waals surface area contributed by atoms with E-state index in [-0.39, 0.29) is 0 Å². The third kappa shape index (κ3) is 3.21. The van der Waals surface area contributed by atoms with Gasteiger partial charge >= 0.3 is 0 Å². The molecule has 0 aromatic carbocycles. The van der Waals surface area contributed by atoms with Crippen LogP contribution in [-0.2, 0) is 11.3 Å². The maximum atomic E-state index is 5.96. The molecule has 19 heavy (non-hydrogen) atoms. The van der Waals surface area contributed by atoms with Gasteiger partial charge in [0.2, 0.25) is 5.95 Å². The van der Waals surface area contributed by atoms with Crippen LogP contribution in [0.25, 0.3) is 11.2 Å². The molecule has 0 saturated carbocycles. The van der Waals surface area contributed by atoms with Crippen molar-refractivity contribution in [1.29, 1.82) is 0 Å². The maximum Gasteiger partial charge on any atom is 0.202 e. The summed E-state index contributed by atoms with van der Waals surface area (Å²) in [5, 5.41) is 0. The maximum absolute atomic E-state index is 5.96. The van der Waals surface area contributed by atoms with Crippen molar-refractivity contribution in [3.05, 3.63) is 17.8 Å². The second kappa shape index (κ2) is 5.99. The molecule has 0 aliphatic carbocycles. The summed E-state index contributed by atoms with van der Waals surface area (Å²) >= 11 is 0. The van der Waals surface area contributed by atoms with Crippen LogP contribution >= 0.6 is 0 Å². The van der Waals surface area contributed by atoms with Crippen LogP contribution in [0, 0.1) is 6.92 Å². The zero-order valence-electron chi connectivity index (χ0n) is 11.8. The molecule has 2 rings (SSSR count). The first-order valence-corrected chi connectivity index (χ1v) is 6.37. The number of likely N-dealkylation sites (N-methyl/N-ethyl adjacent to an activating group) is 1. The van der Waals surface area contributed by atoms with Gasteiger partial charge in [-0.25, -0.2) is 9.97 Å². The number of methoxy groups -OCH3 is 1. The quantitative estimate of drug-likeness (QED) is 0.838. The molecule has 6 heteroatoms. The highest BCUT2D eigenvalue weighted by molar-refractivity contribution is 5.74. The van der Waals surface area contributed by atoms with Gasteiger partial charge in [0.1, 0.15) is 5.52 Å². The van der Waals surface area contributed by atoms with Gasteiger partial charge < -0.3 is 15.4 Å². The van der Waals surface area contributed by atoms with Gasteiger partial charge in [0, 0.05) is 32.9 Å². The minimum absolute atomic E-state index is 0.522. The van der Waals surface area contributed by atoms with Crippen LogP contribution in [0.3, 0.4) is 0 Å². The SMILES string of the molecule is COCCN(C)CCn1c(N)nc2cc(C)cnc21. The summed E-state index contributed by atoms with van der Waals surface area (Å²) in [6.07, 6.45) is 1.84. The zero-order valence-corrected chi connectivity index (χ0v) is 11.8. The molecule has 0 saturated heterocycles. The fourth-order valence-corrected chi connectivity index (χ4v) is 1.98. The summed E-state index contributed by atoms with van der Waals surface area (Å²) in [7, 11) is 3.77. The molecule has 2 N–H and O–H groups in total. The van der Waals surface area contributed by atoms with Crippen LogP contribution in [-0.4, -0.2) is 53.3 Å². The zero-order chi connectivity index (χ0) is 13.8. The number of nitrogens with zero attached hydrogens (tertiary/aromatic N) is 4. The van der Waals surface area contributed by atoms with Gasteiger partial charge in [-0.05, 0) is 25.6 Å². The lowest BCUT2D eigenvalue weighted by Gasteiger charge is -2.16. The standard InChI is InChI=1S/C13H21N5O/c1-10-8-11-12(15-9-10)18(13(14)16-11)5-4-17(2)6-7-19-3/h8-9H,4-7H2,1-3H3,(H2,14,16). The Morgan fingerprint density at radius 1 is 1.42 bits per heavy atom. The Hall–Kier alpha value is -1.66. The van der Waals surface area contributed by atoms with Crippen LogP contribution in [0.4, 0.5) is 5.95 Å². The van der Waals surface area contributed by atoms with Crippen molar-refractivity contribution in [3.8, 4) is 0 Å². The van der Waals surface area contributed by atoms with Crippen molar-refractivity contribution in [1.82, 2.24) is 19.4 Å². The molecule has 0 aliphatic rings. The van der Waals surface area contributed by atoms with Crippen molar-refractivity contribution in [3.63, 3.8) is 0 Å². The third-order valence-electron chi connectivity index (χ3n) is 3.13. The van der Waals surface area contributed by atoms with Crippen molar-refractivity contribution >= 4 is 17.1 Å². The lowest BCUT2D eigenvalue weighted by atomic mass is 10.3. The molecule has 104 valence electrons. The molecule has 2 heterocycles. The van der Waals surface area contributed by atoms with E-state index >= 15 is 0 Å². The molecule has 0 atom stereocenters. The number of nitrogen functional groups attached to an aromatic ring is 1. The average Bonchev–Trinajstić information content (AvgIpc) is 2.68. The Kier molecular flexibility index (Phi) is 4.34. The first kappa shape index (κ1) is 13.8. The summed E-state index contributed by atoms with van der Waals surface area (Å²) in [5.41, 5.74) is 8.76. The van der Waals surface area contributed by atoms with Gasteiger partial charge in [-0.1, -0.05) is 0 Å². The molecule has 0 aliphatic heterocycles. The Balaban J connectivity index is 2.10. The Morgan fingerprint density at radius 2 is 2.21 bits per heavy atom. The van der Waals surface area contributed by atoms with Gasteiger partial charge in [0.05, 0.1) is 6.61 Å². The van der Waals surface area contributed by atoms with Gasteiger partial charge in [-0.3, -0.25) is 4.57 Å². The molecule has 6 nitrogen and oxygen atoms in total. The summed E-state index contributed by atoms with van der Waals surface area (Å²) in [5.74, 6) is 0.522. The van der Waals surface area contributed by atoms with Crippen molar-refractivity contribution in [2.75, 3.05) is 39.6 Å². The predicted molar refractivity (Wildman–Crippen MR) is 76.1 cm³/mol. The van der Waals surface area contributed by atoms with Crippen LogP contribution in [0.5, 0.6) is 0 Å². The first-order valence-electron chi connectivity index (χ1n) is 6.37. The third-order valence-corrected chi connectivity index (χ3v) is 3.13. The molecule has 0 radical (unpaired) electrons. The van der Waals surface area contributed by atoms with E-state index in [9.17, 15) is 0 Å². The minimum Gasteiger partial charge on any atom is -0.383 e. The molecule has 0 bridgehead atoms. The van der Waals surface area contributed by atoms with E-state index in [1.165, 1.54) is 0 Å². The number of hydrogen-bond donors (Lipinski definition) is 1. The number of ether oxygens (including phenoxy) is 1. The number of fused-ring (bicyclic) bond motifs is 1. The Bertz CT molecular complexity index is 551. The largest absolute Gasteiger partial charge is 0.383 e. The summed E-state index contributed by atoms with van der Waals surface area (Å²) in [4.78, 5) is 11.0. The highest BCUT2D eigenvalue weighted by Gasteiger charge is 2.10. The molecular weight excluding hydrogens is 242 g/mol. The fourth-order valence-electron chi connectivity index (χ4n) is 1.98. The van der Waals surface area contributed by atoms with E-state index in [2.05, 4.69) is 21.9 Å². The van der Waals surface area contributed by atoms with Gasteiger partial charge in [-0.15, -0.1) is 0 Å². The van der Waals surface area contributed by atoms with Gasteiger partial charge in [-0.2, -0.15) is 0 Å². The van der Waals surface area contributed by atoms with E-state index in [1.807, 2.05) is 23.8 Å². The summed E-state index contributed by atoms with van der Waals surface area (Å²) < 4.78 is 7.02. The number of aromatic nitrogens is 3. The second-order valence-corrected chi connectivity index (χ2v) is 4.77. The fraction of sp³-hybridized carbons (Fsp3) is 0.538. The van der Waals surface area contributed by atoms with Crippen LogP contribution in [0.2, 0.25) is 0 Å². The van der Waals surface area contributed by atoms with E-state index in [0.717, 1.165) is 43.0 Å². The van der Waals surface area contributed by atoms with E-state index < -0.39 is 0 Å². The van der Waals surface area contributed by atoms with Crippen molar-refractivity contribution in [2.45, 2.75) is 13.5 Å². The summed E-state index contributed by atoms with van der Waals surface area (Å²) in [6.45, 7) is 5.29. The van der Waals surface area contributed by atoms with Crippen molar-refractivity contribution < 1.29 is 4.74 Å². The smallest absolute Gasteiger partial charge is 0.202 e. The molecule has 2 aromatic heterocycles. The predicted octanol–water partition coefficient (Wildman–Crippen LogP) is 0.900. The van der Waals surface area contributed by atoms with E-state index in [1.54, 1.807) is 7.11 Å². The number of pyridine rings is 1. The first-order chi connectivity index (χ1) is 9.11. The monoisotopic (exact) mass is 263 g/mol. The number of anilines is 1. The van der Waals surface area contributed by atoms with Crippen LogP contribution < -0.4 is 5.73 Å². The van der Waals surface area contributed by atoms with E-state index in [4.69, 9.17) is 10.5 Å². The lowest BCUT2D eigenvalue weighted by Crippen LogP contribution is -2.27. The average molecular weight is 263 g/mol. The van der Waals surface area contributed by atoms with Crippen LogP contribution in [0.15, 0.2) is 12.3 Å². The van der Waals surface area contributed by atoms with Crippen LogP contribution in [0.1, 0.15) is 5.56 Å². The number of rotatable bonds is 6. The van der Waals surface area contributed by atoms with Gasteiger partial charge in [0.25, 0.3) is 0 Å². The molecule has 0 amide bonds. The Labute approximate surface area is 113 Å².